The lowest BCUT2D eigenvalue weighted by atomic mass is 10.1. The molecule has 0 saturated heterocycles. The van der Waals surface area contributed by atoms with Crippen molar-refractivity contribution in [1.82, 2.24) is 0 Å². The summed E-state index contributed by atoms with van der Waals surface area (Å²) in [4.78, 5) is 3.89. The van der Waals surface area contributed by atoms with Gasteiger partial charge in [-0.3, -0.25) is 4.99 Å². The van der Waals surface area contributed by atoms with Gasteiger partial charge in [0.05, 0.1) is 5.70 Å². The molecule has 0 aromatic heterocycles. The zero-order chi connectivity index (χ0) is 10.1. The van der Waals surface area contributed by atoms with Gasteiger partial charge < -0.3 is 0 Å². The zero-order valence-electron chi connectivity index (χ0n) is 8.03. The average molecular weight is 173 g/mol. The van der Waals surface area contributed by atoms with Gasteiger partial charge in [-0.1, -0.05) is 43.5 Å². The summed E-state index contributed by atoms with van der Waals surface area (Å²) in [6, 6.07) is 0. The number of hydrogen-bond donors (Lipinski definition) is 0. The Labute approximate surface area is 80.2 Å². The monoisotopic (exact) mass is 173 g/mol. The van der Waals surface area contributed by atoms with Crippen molar-refractivity contribution in [2.45, 2.75) is 6.92 Å². The van der Waals surface area contributed by atoms with Gasteiger partial charge >= 0.3 is 0 Å². The van der Waals surface area contributed by atoms with Crippen LogP contribution in [0.15, 0.2) is 65.9 Å². The number of rotatable bonds is 5. The lowest BCUT2D eigenvalue weighted by Crippen LogP contribution is -1.81. The van der Waals surface area contributed by atoms with E-state index >= 15 is 0 Å². The van der Waals surface area contributed by atoms with E-state index in [1.54, 1.807) is 12.2 Å². The molecule has 0 bridgehead atoms. The van der Waals surface area contributed by atoms with E-state index < -0.39 is 0 Å². The van der Waals surface area contributed by atoms with Crippen molar-refractivity contribution in [3.8, 4) is 0 Å². The van der Waals surface area contributed by atoms with Crippen molar-refractivity contribution in [3.05, 3.63) is 60.9 Å². The summed E-state index contributed by atoms with van der Waals surface area (Å²) in [5.74, 6) is 0. The molecule has 0 amide bonds. The molecule has 0 radical (unpaired) electrons. The minimum absolute atomic E-state index is 0.815. The van der Waals surface area contributed by atoms with Gasteiger partial charge in [-0.15, -0.1) is 0 Å². The first-order valence-electron chi connectivity index (χ1n) is 4.05. The average Bonchev–Trinajstić information content (AvgIpc) is 2.17. The highest BCUT2D eigenvalue weighted by Crippen LogP contribution is 2.12. The van der Waals surface area contributed by atoms with Crippen LogP contribution in [0.5, 0.6) is 0 Å². The second-order valence-electron chi connectivity index (χ2n) is 2.28. The number of aliphatic imine (C=N–C) groups is 1. The van der Waals surface area contributed by atoms with Crippen molar-refractivity contribution in [3.63, 3.8) is 0 Å². The fourth-order valence-corrected chi connectivity index (χ4v) is 0.853. The van der Waals surface area contributed by atoms with E-state index in [1.807, 2.05) is 31.2 Å². The Kier molecular flexibility index (Phi) is 6.16. The smallest absolute Gasteiger partial charge is 0.0691 e. The van der Waals surface area contributed by atoms with E-state index in [1.165, 1.54) is 0 Å². The SMILES string of the molecule is C=C\C=C/C(=C\C)C(=C/C=C)/N=C. The van der Waals surface area contributed by atoms with Gasteiger partial charge in [0.25, 0.3) is 0 Å². The molecule has 0 aromatic carbocycles. The molecular formula is C12H15N. The standard InChI is InChI=1S/C12H15N/c1-5-8-10-11(7-3)12(13-4)9-6-2/h5-10H,1-2,4H2,3H3/b10-8-,11-7+,12-9-. The quantitative estimate of drug-likeness (QED) is 0.446. The number of nitrogens with zero attached hydrogens (tertiary/aromatic N) is 1. The van der Waals surface area contributed by atoms with Gasteiger partial charge in [0.2, 0.25) is 0 Å². The van der Waals surface area contributed by atoms with Crippen LogP contribution in [0.3, 0.4) is 0 Å². The molecule has 1 heteroatoms. The van der Waals surface area contributed by atoms with Crippen LogP contribution in [0.2, 0.25) is 0 Å². The maximum Gasteiger partial charge on any atom is 0.0691 e. The first-order chi connectivity index (χ1) is 6.29. The van der Waals surface area contributed by atoms with Crippen LogP contribution in [0.4, 0.5) is 0 Å². The van der Waals surface area contributed by atoms with Crippen LogP contribution in [0, 0.1) is 0 Å². The summed E-state index contributed by atoms with van der Waals surface area (Å²) >= 11 is 0. The summed E-state index contributed by atoms with van der Waals surface area (Å²) in [5, 5.41) is 0. The third-order valence-electron chi connectivity index (χ3n) is 1.46. The van der Waals surface area contributed by atoms with Crippen LogP contribution in [0.25, 0.3) is 0 Å². The van der Waals surface area contributed by atoms with E-state index in [4.69, 9.17) is 0 Å². The van der Waals surface area contributed by atoms with Crippen molar-refractivity contribution in [2.75, 3.05) is 0 Å². The molecule has 0 heterocycles. The molecule has 0 aliphatic carbocycles. The molecule has 0 N–H and O–H groups in total. The van der Waals surface area contributed by atoms with Crippen molar-refractivity contribution < 1.29 is 0 Å². The Morgan fingerprint density at radius 1 is 1.23 bits per heavy atom. The summed E-state index contributed by atoms with van der Waals surface area (Å²) in [6.07, 6.45) is 11.0. The Morgan fingerprint density at radius 3 is 2.31 bits per heavy atom. The van der Waals surface area contributed by atoms with E-state index in [9.17, 15) is 0 Å². The van der Waals surface area contributed by atoms with Gasteiger partial charge in [-0.25, -0.2) is 0 Å². The fraction of sp³-hybridized carbons (Fsp3) is 0.0833. The lowest BCUT2D eigenvalue weighted by molar-refractivity contribution is 1.35. The van der Waals surface area contributed by atoms with Gasteiger partial charge in [0, 0.05) is 0 Å². The second-order valence-corrected chi connectivity index (χ2v) is 2.28. The molecule has 0 spiro atoms. The topological polar surface area (TPSA) is 12.4 Å². The molecule has 0 aliphatic heterocycles. The molecule has 13 heavy (non-hydrogen) atoms. The molecule has 0 aliphatic rings. The Morgan fingerprint density at radius 2 is 1.92 bits per heavy atom. The molecule has 1 nitrogen and oxygen atoms in total. The van der Waals surface area contributed by atoms with Gasteiger partial charge in [0.1, 0.15) is 0 Å². The van der Waals surface area contributed by atoms with Gasteiger partial charge in [-0.2, -0.15) is 0 Å². The maximum absolute atomic E-state index is 3.89. The minimum atomic E-state index is 0.815. The lowest BCUT2D eigenvalue weighted by Gasteiger charge is -1.99. The largest absolute Gasteiger partial charge is 0.264 e. The Bertz CT molecular complexity index is 277. The third-order valence-corrected chi connectivity index (χ3v) is 1.46. The Hall–Kier alpha value is -1.63. The molecule has 0 atom stereocenters. The summed E-state index contributed by atoms with van der Waals surface area (Å²) < 4.78 is 0. The van der Waals surface area contributed by atoms with Crippen LogP contribution < -0.4 is 0 Å². The highest BCUT2D eigenvalue weighted by atomic mass is 14.7. The van der Waals surface area contributed by atoms with Crippen molar-refractivity contribution >= 4 is 6.72 Å². The predicted octanol–water partition coefficient (Wildman–Crippen LogP) is 3.45. The predicted molar refractivity (Wildman–Crippen MR) is 60.9 cm³/mol. The maximum atomic E-state index is 3.89. The number of hydrogen-bond acceptors (Lipinski definition) is 1. The van der Waals surface area contributed by atoms with Gasteiger partial charge in [0.15, 0.2) is 0 Å². The van der Waals surface area contributed by atoms with Crippen LogP contribution >= 0.6 is 0 Å². The van der Waals surface area contributed by atoms with E-state index in [2.05, 4.69) is 24.9 Å². The molecule has 0 aromatic rings. The summed E-state index contributed by atoms with van der Waals surface area (Å²) in [5.41, 5.74) is 1.82. The van der Waals surface area contributed by atoms with Gasteiger partial charge in [-0.05, 0) is 25.3 Å². The highest BCUT2D eigenvalue weighted by molar-refractivity contribution is 5.45. The first kappa shape index (κ1) is 11.4. The summed E-state index contributed by atoms with van der Waals surface area (Å²) in [6.45, 7) is 12.6. The molecular weight excluding hydrogens is 158 g/mol. The summed E-state index contributed by atoms with van der Waals surface area (Å²) in [7, 11) is 0. The molecule has 0 unspecified atom stereocenters. The molecule has 68 valence electrons. The van der Waals surface area contributed by atoms with Crippen LogP contribution in [0.1, 0.15) is 6.92 Å². The van der Waals surface area contributed by atoms with Crippen molar-refractivity contribution in [2.24, 2.45) is 4.99 Å². The van der Waals surface area contributed by atoms with E-state index in [-0.39, 0.29) is 0 Å². The Balaban J connectivity index is 4.85. The van der Waals surface area contributed by atoms with Crippen LogP contribution in [-0.2, 0) is 0 Å². The molecule has 0 saturated carbocycles. The number of allylic oxidation sites excluding steroid dienone is 6. The second kappa shape index (κ2) is 7.04. The molecule has 0 fully saturated rings. The van der Waals surface area contributed by atoms with Crippen LogP contribution in [-0.4, -0.2) is 6.72 Å². The first-order valence-corrected chi connectivity index (χ1v) is 4.05. The normalized spacial score (nSPS) is 13.0. The fourth-order valence-electron chi connectivity index (χ4n) is 0.853. The van der Waals surface area contributed by atoms with E-state index in [0.29, 0.717) is 0 Å². The van der Waals surface area contributed by atoms with Crippen molar-refractivity contribution in [1.29, 1.82) is 0 Å². The third kappa shape index (κ3) is 4.06. The minimum Gasteiger partial charge on any atom is -0.264 e. The van der Waals surface area contributed by atoms with E-state index in [0.717, 1.165) is 11.3 Å². The zero-order valence-corrected chi connectivity index (χ0v) is 8.03. The highest BCUT2D eigenvalue weighted by Gasteiger charge is 1.94. The molecule has 0 rings (SSSR count).